The van der Waals surface area contributed by atoms with E-state index < -0.39 is 0 Å². The number of carbonyl (C=O) groups excluding carboxylic acids is 1. The van der Waals surface area contributed by atoms with Crippen LogP contribution in [0.5, 0.6) is 0 Å². The van der Waals surface area contributed by atoms with Crippen molar-refractivity contribution in [1.29, 1.82) is 0 Å². The zero-order chi connectivity index (χ0) is 18.8. The number of aromatic nitrogens is 3. The summed E-state index contributed by atoms with van der Waals surface area (Å²) in [5.74, 6) is 0.792. The van der Waals surface area contributed by atoms with E-state index in [1.54, 1.807) is 24.7 Å². The average molecular weight is 366 g/mol. The number of amides is 1. The number of hydrogen-bond donors (Lipinski definition) is 0. The molecular weight excluding hydrogens is 340 g/mol. The topological polar surface area (TPSA) is 68.1 Å². The van der Waals surface area contributed by atoms with Crippen molar-refractivity contribution in [3.8, 4) is 0 Å². The lowest BCUT2D eigenvalue weighted by Gasteiger charge is -2.47. The predicted molar refractivity (Wildman–Crippen MR) is 102 cm³/mol. The van der Waals surface area contributed by atoms with E-state index >= 15 is 0 Å². The van der Waals surface area contributed by atoms with Crippen LogP contribution in [0.1, 0.15) is 56.0 Å². The lowest BCUT2D eigenvalue weighted by molar-refractivity contribution is -0.134. The molecule has 27 heavy (non-hydrogen) atoms. The van der Waals surface area contributed by atoms with Crippen molar-refractivity contribution in [2.45, 2.75) is 51.0 Å². The molecule has 4 rings (SSSR count). The number of piperidine rings is 1. The first-order valence-corrected chi connectivity index (χ1v) is 9.91. The van der Waals surface area contributed by atoms with Crippen LogP contribution in [0.4, 0.5) is 0 Å². The summed E-state index contributed by atoms with van der Waals surface area (Å²) >= 11 is 0. The minimum Gasteiger partial charge on any atom is -0.342 e. The number of hydrogen-bond acceptors (Lipinski definition) is 4. The van der Waals surface area contributed by atoms with Crippen molar-refractivity contribution < 1.29 is 4.79 Å². The normalized spacial score (nSPS) is 23.7. The first kappa shape index (κ1) is 17.9. The maximum absolute atomic E-state index is 12.9. The smallest absolute Gasteiger partial charge is 0.250 e. The Morgan fingerprint density at radius 2 is 2.15 bits per heavy atom. The highest BCUT2D eigenvalue weighted by Gasteiger charge is 2.41. The molecule has 2 aliphatic heterocycles. The summed E-state index contributed by atoms with van der Waals surface area (Å²) in [5, 5.41) is 0. The Labute approximate surface area is 159 Å². The molecular formula is C21H26N4O2. The highest BCUT2D eigenvalue weighted by molar-refractivity contribution is 5.76. The molecule has 6 nitrogen and oxygen atoms in total. The third-order valence-corrected chi connectivity index (χ3v) is 5.95. The maximum atomic E-state index is 12.9. The highest BCUT2D eigenvalue weighted by Crippen LogP contribution is 2.42. The van der Waals surface area contributed by atoms with Crippen molar-refractivity contribution in [2.75, 3.05) is 13.1 Å². The molecule has 2 bridgehead atoms. The van der Waals surface area contributed by atoms with Gasteiger partial charge in [0.25, 0.3) is 5.56 Å². The van der Waals surface area contributed by atoms with E-state index in [1.807, 2.05) is 15.5 Å². The Bertz CT molecular complexity index is 864. The molecule has 1 amide bonds. The molecule has 0 saturated carbocycles. The lowest BCUT2D eigenvalue weighted by Crippen LogP contribution is -2.51. The summed E-state index contributed by atoms with van der Waals surface area (Å²) < 4.78 is 2.02. The van der Waals surface area contributed by atoms with E-state index in [0.29, 0.717) is 25.3 Å². The van der Waals surface area contributed by atoms with Gasteiger partial charge in [0, 0.05) is 61.8 Å². The molecule has 1 saturated heterocycles. The molecule has 142 valence electrons. The van der Waals surface area contributed by atoms with Gasteiger partial charge >= 0.3 is 0 Å². The summed E-state index contributed by atoms with van der Waals surface area (Å²) in [5.41, 5.74) is 2.05. The Morgan fingerprint density at radius 3 is 2.93 bits per heavy atom. The first-order valence-electron chi connectivity index (χ1n) is 9.91. The van der Waals surface area contributed by atoms with Crippen molar-refractivity contribution in [1.82, 2.24) is 19.4 Å². The fourth-order valence-electron chi connectivity index (χ4n) is 4.76. The summed E-state index contributed by atoms with van der Waals surface area (Å²) in [6.07, 6.45) is 9.19. The largest absolute Gasteiger partial charge is 0.342 e. The van der Waals surface area contributed by atoms with E-state index in [9.17, 15) is 9.59 Å². The van der Waals surface area contributed by atoms with Gasteiger partial charge in [-0.15, -0.1) is 0 Å². The third-order valence-electron chi connectivity index (χ3n) is 5.95. The monoisotopic (exact) mass is 366 g/mol. The number of pyridine rings is 1. The van der Waals surface area contributed by atoms with Crippen molar-refractivity contribution >= 4 is 5.91 Å². The van der Waals surface area contributed by atoms with Gasteiger partial charge in [-0.2, -0.15) is 0 Å². The summed E-state index contributed by atoms with van der Waals surface area (Å²) in [7, 11) is 0. The Morgan fingerprint density at radius 1 is 1.26 bits per heavy atom. The second-order valence-electron chi connectivity index (χ2n) is 7.70. The number of nitrogens with zero attached hydrogens (tertiary/aromatic N) is 4. The van der Waals surface area contributed by atoms with Crippen molar-refractivity contribution in [3.05, 3.63) is 58.5 Å². The van der Waals surface area contributed by atoms with Gasteiger partial charge in [-0.3, -0.25) is 19.6 Å². The van der Waals surface area contributed by atoms with E-state index in [1.165, 1.54) is 0 Å². The minimum absolute atomic E-state index is 0.100. The predicted octanol–water partition coefficient (Wildman–Crippen LogP) is 2.56. The Balaban J connectivity index is 1.53. The average Bonchev–Trinajstić information content (AvgIpc) is 2.70. The standard InChI is InChI=1S/C21H26N4O2/c1-2-4-18-15-11-16(19-5-3-6-21(27)25(18)19)14-24(13-15)20(26)8-7-17-12-22-9-10-23-17/h3,5-6,9-10,12,15-16,18H,2,4,7-8,11,13-14H2,1H3/t15-,16+,18-/m0/s1. The van der Waals surface area contributed by atoms with Gasteiger partial charge < -0.3 is 9.47 Å². The number of aryl methyl sites for hydroxylation is 1. The van der Waals surface area contributed by atoms with E-state index in [2.05, 4.69) is 23.0 Å². The van der Waals surface area contributed by atoms with Crippen LogP contribution in [0, 0.1) is 5.92 Å². The third kappa shape index (κ3) is 3.53. The SMILES string of the molecule is CCC[C@H]1[C@H]2C[C@H](CN(C(=O)CCc3cnccn3)C2)c2cccc(=O)n21. The molecule has 4 heterocycles. The van der Waals surface area contributed by atoms with E-state index in [-0.39, 0.29) is 23.4 Å². The van der Waals surface area contributed by atoms with Crippen LogP contribution in [-0.2, 0) is 11.2 Å². The summed E-state index contributed by atoms with van der Waals surface area (Å²) in [4.78, 5) is 35.7. The van der Waals surface area contributed by atoms with Gasteiger partial charge in [-0.1, -0.05) is 19.4 Å². The molecule has 3 atom stereocenters. The fourth-order valence-corrected chi connectivity index (χ4v) is 4.76. The second-order valence-corrected chi connectivity index (χ2v) is 7.70. The maximum Gasteiger partial charge on any atom is 0.250 e. The number of rotatable bonds is 5. The summed E-state index contributed by atoms with van der Waals surface area (Å²) in [6, 6.07) is 5.78. The Kier molecular flexibility index (Phi) is 5.05. The zero-order valence-corrected chi connectivity index (χ0v) is 15.8. The summed E-state index contributed by atoms with van der Waals surface area (Å²) in [6.45, 7) is 3.62. The lowest BCUT2D eigenvalue weighted by atomic mass is 9.77. The van der Waals surface area contributed by atoms with Crippen molar-refractivity contribution in [2.24, 2.45) is 5.92 Å². The number of carbonyl (C=O) groups is 1. The van der Waals surface area contributed by atoms with Gasteiger partial charge in [-0.25, -0.2) is 0 Å². The van der Waals surface area contributed by atoms with Gasteiger partial charge in [0.15, 0.2) is 0 Å². The molecule has 0 aliphatic carbocycles. The molecule has 1 fully saturated rings. The number of likely N-dealkylation sites (tertiary alicyclic amines) is 1. The molecule has 2 aromatic rings. The second kappa shape index (κ2) is 7.62. The molecule has 0 unspecified atom stereocenters. The van der Waals surface area contributed by atoms with E-state index in [4.69, 9.17) is 0 Å². The Hall–Kier alpha value is -2.50. The van der Waals surface area contributed by atoms with Gasteiger partial charge in [0.1, 0.15) is 0 Å². The molecule has 0 aromatic carbocycles. The first-order chi connectivity index (χ1) is 13.2. The van der Waals surface area contributed by atoms with Crippen LogP contribution in [0.15, 0.2) is 41.6 Å². The molecule has 0 N–H and O–H groups in total. The number of fused-ring (bicyclic) bond motifs is 4. The molecule has 6 heteroatoms. The fraction of sp³-hybridized carbons (Fsp3) is 0.524. The van der Waals surface area contributed by atoms with Crippen LogP contribution in [-0.4, -0.2) is 38.4 Å². The highest BCUT2D eigenvalue weighted by atomic mass is 16.2. The minimum atomic E-state index is 0.100. The molecule has 2 aliphatic rings. The molecule has 0 spiro atoms. The zero-order valence-electron chi connectivity index (χ0n) is 15.8. The van der Waals surface area contributed by atoms with Crippen LogP contribution in [0.3, 0.4) is 0 Å². The van der Waals surface area contributed by atoms with Gasteiger partial charge in [0.05, 0.1) is 5.69 Å². The van der Waals surface area contributed by atoms with Crippen LogP contribution in [0.2, 0.25) is 0 Å². The van der Waals surface area contributed by atoms with Gasteiger partial charge in [0.2, 0.25) is 5.91 Å². The molecule has 0 radical (unpaired) electrons. The van der Waals surface area contributed by atoms with Crippen LogP contribution < -0.4 is 5.56 Å². The van der Waals surface area contributed by atoms with Crippen LogP contribution in [0.25, 0.3) is 0 Å². The molecule has 2 aromatic heterocycles. The quantitative estimate of drug-likeness (QED) is 0.816. The van der Waals surface area contributed by atoms with E-state index in [0.717, 1.165) is 37.2 Å². The van der Waals surface area contributed by atoms with Crippen molar-refractivity contribution in [3.63, 3.8) is 0 Å². The van der Waals surface area contributed by atoms with Gasteiger partial charge in [-0.05, 0) is 31.2 Å². The van der Waals surface area contributed by atoms with Crippen LogP contribution >= 0.6 is 0 Å².